The largest absolute Gasteiger partial charge is 0.455 e. The molecular formula is C52H39NO. The standard InChI is InChI=1S/C52H39NO/c1-51(2)45-28-25-35(30-43(45)49-46(51)29-27-42-41-16-8-10-19-48(41)54-50(42)49)53(36-24-26-40-39-15-7-9-18-44(39)52(3,4)47(40)31-36)34-22-20-33(21-23-34)38-17-11-13-32-12-5-6-14-37(32)38/h5-31H,1-4H3. The van der Waals surface area contributed by atoms with E-state index in [1.165, 1.54) is 71.8 Å². The molecule has 2 aliphatic rings. The van der Waals surface area contributed by atoms with Crippen molar-refractivity contribution in [2.45, 2.75) is 38.5 Å². The highest BCUT2D eigenvalue weighted by Gasteiger charge is 2.39. The normalized spacial score (nSPS) is 14.6. The summed E-state index contributed by atoms with van der Waals surface area (Å²) < 4.78 is 6.69. The summed E-state index contributed by atoms with van der Waals surface area (Å²) >= 11 is 0. The van der Waals surface area contributed by atoms with Gasteiger partial charge in [-0.15, -0.1) is 0 Å². The van der Waals surface area contributed by atoms with E-state index in [9.17, 15) is 0 Å². The molecule has 0 fully saturated rings. The van der Waals surface area contributed by atoms with Crippen LogP contribution in [-0.2, 0) is 10.8 Å². The number of hydrogen-bond acceptors (Lipinski definition) is 2. The Bertz CT molecular complexity index is 2990. The summed E-state index contributed by atoms with van der Waals surface area (Å²) in [7, 11) is 0. The molecule has 1 aromatic heterocycles. The van der Waals surface area contributed by atoms with Gasteiger partial charge in [0.25, 0.3) is 0 Å². The number of nitrogens with zero attached hydrogens (tertiary/aromatic N) is 1. The number of hydrogen-bond donors (Lipinski definition) is 0. The fourth-order valence-electron chi connectivity index (χ4n) is 9.69. The van der Waals surface area contributed by atoms with Crippen LogP contribution in [-0.4, -0.2) is 0 Å². The highest BCUT2D eigenvalue weighted by atomic mass is 16.3. The van der Waals surface area contributed by atoms with Crippen molar-refractivity contribution in [3.05, 3.63) is 186 Å². The molecule has 0 unspecified atom stereocenters. The first-order chi connectivity index (χ1) is 26.3. The Labute approximate surface area is 315 Å². The van der Waals surface area contributed by atoms with E-state index in [2.05, 4.69) is 196 Å². The van der Waals surface area contributed by atoms with Crippen LogP contribution in [0.15, 0.2) is 168 Å². The summed E-state index contributed by atoms with van der Waals surface area (Å²) in [5, 5.41) is 4.84. The Kier molecular flexibility index (Phi) is 6.39. The van der Waals surface area contributed by atoms with Gasteiger partial charge >= 0.3 is 0 Å². The van der Waals surface area contributed by atoms with Crippen LogP contribution in [0.25, 0.3) is 66.1 Å². The van der Waals surface area contributed by atoms with Crippen LogP contribution in [0.3, 0.4) is 0 Å². The fraction of sp³-hybridized carbons (Fsp3) is 0.115. The van der Waals surface area contributed by atoms with Crippen LogP contribution in [0, 0.1) is 0 Å². The van der Waals surface area contributed by atoms with Gasteiger partial charge in [-0.3, -0.25) is 0 Å². The minimum Gasteiger partial charge on any atom is -0.455 e. The van der Waals surface area contributed by atoms with Crippen LogP contribution in [0.1, 0.15) is 49.9 Å². The molecule has 11 rings (SSSR count). The predicted molar refractivity (Wildman–Crippen MR) is 226 cm³/mol. The first-order valence-corrected chi connectivity index (χ1v) is 19.0. The van der Waals surface area contributed by atoms with Gasteiger partial charge in [-0.05, 0) is 103 Å². The molecule has 0 spiro atoms. The number of anilines is 3. The van der Waals surface area contributed by atoms with Crippen LogP contribution >= 0.6 is 0 Å². The van der Waals surface area contributed by atoms with E-state index >= 15 is 0 Å². The van der Waals surface area contributed by atoms with E-state index in [0.717, 1.165) is 33.6 Å². The summed E-state index contributed by atoms with van der Waals surface area (Å²) in [5.74, 6) is 0. The molecule has 0 bridgehead atoms. The molecule has 0 atom stereocenters. The third-order valence-corrected chi connectivity index (χ3v) is 12.5. The van der Waals surface area contributed by atoms with E-state index in [-0.39, 0.29) is 10.8 Å². The summed E-state index contributed by atoms with van der Waals surface area (Å²) in [6.07, 6.45) is 0. The Morgan fingerprint density at radius 3 is 1.89 bits per heavy atom. The lowest BCUT2D eigenvalue weighted by atomic mass is 9.82. The quantitative estimate of drug-likeness (QED) is 0.182. The van der Waals surface area contributed by atoms with E-state index < -0.39 is 0 Å². The van der Waals surface area contributed by atoms with E-state index in [4.69, 9.17) is 4.42 Å². The zero-order chi connectivity index (χ0) is 36.3. The molecule has 54 heavy (non-hydrogen) atoms. The van der Waals surface area contributed by atoms with Gasteiger partial charge in [0.15, 0.2) is 0 Å². The molecular weight excluding hydrogens is 655 g/mol. The van der Waals surface area contributed by atoms with Crippen LogP contribution in [0.2, 0.25) is 0 Å². The molecule has 258 valence electrons. The van der Waals surface area contributed by atoms with Gasteiger partial charge in [-0.2, -0.15) is 0 Å². The Morgan fingerprint density at radius 1 is 0.407 bits per heavy atom. The highest BCUT2D eigenvalue weighted by molar-refractivity contribution is 6.12. The van der Waals surface area contributed by atoms with Crippen LogP contribution in [0.5, 0.6) is 0 Å². The topological polar surface area (TPSA) is 16.4 Å². The number of rotatable bonds is 4. The Morgan fingerprint density at radius 2 is 1.02 bits per heavy atom. The molecule has 1 heterocycles. The number of para-hydroxylation sites is 1. The first kappa shape index (κ1) is 31.2. The van der Waals surface area contributed by atoms with Gasteiger partial charge in [-0.1, -0.05) is 149 Å². The fourth-order valence-corrected chi connectivity index (χ4v) is 9.69. The summed E-state index contributed by atoms with van der Waals surface area (Å²) in [6, 6.07) is 60.3. The van der Waals surface area contributed by atoms with Crippen LogP contribution < -0.4 is 4.90 Å². The molecule has 2 nitrogen and oxygen atoms in total. The summed E-state index contributed by atoms with van der Waals surface area (Å²) in [5.41, 5.74) is 17.9. The number of fused-ring (bicyclic) bond motifs is 11. The second kappa shape index (κ2) is 11.1. The lowest BCUT2D eigenvalue weighted by Gasteiger charge is -2.29. The molecule has 0 saturated carbocycles. The molecule has 2 aliphatic carbocycles. The van der Waals surface area contributed by atoms with Crippen LogP contribution in [0.4, 0.5) is 17.1 Å². The van der Waals surface area contributed by atoms with Crippen molar-refractivity contribution in [1.82, 2.24) is 0 Å². The highest BCUT2D eigenvalue weighted by Crippen LogP contribution is 2.55. The second-order valence-electron chi connectivity index (χ2n) is 16.1. The van der Waals surface area contributed by atoms with Crippen molar-refractivity contribution in [2.24, 2.45) is 0 Å². The lowest BCUT2D eigenvalue weighted by molar-refractivity contribution is 0.653. The molecule has 0 saturated heterocycles. The van der Waals surface area contributed by atoms with Gasteiger partial charge in [0, 0.05) is 44.2 Å². The van der Waals surface area contributed by atoms with Gasteiger partial charge in [0.1, 0.15) is 11.2 Å². The molecule has 0 radical (unpaired) electrons. The predicted octanol–water partition coefficient (Wildman–Crippen LogP) is 14.5. The van der Waals surface area contributed by atoms with Crippen molar-refractivity contribution < 1.29 is 4.42 Å². The van der Waals surface area contributed by atoms with Crippen molar-refractivity contribution in [2.75, 3.05) is 4.90 Å². The number of benzene rings is 8. The Balaban J connectivity index is 1.11. The minimum absolute atomic E-state index is 0.111. The maximum absolute atomic E-state index is 6.69. The van der Waals surface area contributed by atoms with Gasteiger partial charge in [0.05, 0.1) is 0 Å². The second-order valence-corrected chi connectivity index (χ2v) is 16.1. The zero-order valence-electron chi connectivity index (χ0n) is 30.9. The van der Waals surface area contributed by atoms with Gasteiger partial charge in [0.2, 0.25) is 0 Å². The smallest absolute Gasteiger partial charge is 0.143 e. The SMILES string of the molecule is CC1(C)c2ccccc2-c2ccc(N(c3ccc(-c4cccc5ccccc45)cc3)c3ccc4c(c3)-c3c(ccc5c3oc3ccccc35)C4(C)C)cc21. The Hall–Kier alpha value is -6.38. The van der Waals surface area contributed by atoms with Crippen molar-refractivity contribution in [1.29, 1.82) is 0 Å². The monoisotopic (exact) mass is 693 g/mol. The molecule has 0 N–H and O–H groups in total. The average Bonchev–Trinajstić information content (AvgIpc) is 3.78. The van der Waals surface area contributed by atoms with Crippen molar-refractivity contribution in [3.8, 4) is 33.4 Å². The van der Waals surface area contributed by atoms with E-state index in [1.54, 1.807) is 0 Å². The number of furan rings is 1. The minimum atomic E-state index is -0.162. The third-order valence-electron chi connectivity index (χ3n) is 12.5. The lowest BCUT2D eigenvalue weighted by Crippen LogP contribution is -2.17. The zero-order valence-corrected chi connectivity index (χ0v) is 30.9. The first-order valence-electron chi connectivity index (χ1n) is 19.0. The van der Waals surface area contributed by atoms with E-state index in [1.807, 2.05) is 0 Å². The molecule has 0 amide bonds. The summed E-state index contributed by atoms with van der Waals surface area (Å²) in [6.45, 7) is 9.40. The van der Waals surface area contributed by atoms with Crippen molar-refractivity contribution in [3.63, 3.8) is 0 Å². The molecule has 8 aromatic carbocycles. The van der Waals surface area contributed by atoms with Crippen molar-refractivity contribution >= 4 is 49.8 Å². The van der Waals surface area contributed by atoms with Gasteiger partial charge in [-0.25, -0.2) is 0 Å². The summed E-state index contributed by atoms with van der Waals surface area (Å²) in [4.78, 5) is 2.44. The molecule has 9 aromatic rings. The molecule has 0 aliphatic heterocycles. The molecule has 2 heteroatoms. The third kappa shape index (κ3) is 4.28. The van der Waals surface area contributed by atoms with E-state index in [0.29, 0.717) is 0 Å². The maximum atomic E-state index is 6.69. The van der Waals surface area contributed by atoms with Gasteiger partial charge < -0.3 is 9.32 Å². The maximum Gasteiger partial charge on any atom is 0.143 e. The average molecular weight is 694 g/mol.